The van der Waals surface area contributed by atoms with Crippen molar-refractivity contribution in [1.29, 1.82) is 0 Å². The summed E-state index contributed by atoms with van der Waals surface area (Å²) in [5.41, 5.74) is 3.74. The first-order valence-electron chi connectivity index (χ1n) is 10.1. The van der Waals surface area contributed by atoms with Gasteiger partial charge in [0.15, 0.2) is 0 Å². The molecule has 0 saturated carbocycles. The van der Waals surface area contributed by atoms with Gasteiger partial charge in [-0.25, -0.2) is 8.42 Å². The van der Waals surface area contributed by atoms with Gasteiger partial charge < -0.3 is 5.32 Å². The minimum absolute atomic E-state index is 0.0535. The second-order valence-electron chi connectivity index (χ2n) is 7.29. The molecule has 2 N–H and O–H groups in total. The molecule has 3 rings (SSSR count). The highest BCUT2D eigenvalue weighted by atomic mass is 35.5. The van der Waals surface area contributed by atoms with E-state index >= 15 is 0 Å². The zero-order valence-corrected chi connectivity index (χ0v) is 20.3. The third-order valence-electron chi connectivity index (χ3n) is 4.98. The molecule has 0 atom stereocenters. The molecule has 0 saturated heterocycles. The Hall–Kier alpha value is -2.48. The molecule has 0 bridgehead atoms. The normalized spacial score (nSPS) is 11.2. The molecule has 0 aliphatic carbocycles. The molecule has 0 aliphatic rings. The predicted octanol–water partition coefficient (Wildman–Crippen LogP) is 5.42. The first-order valence-corrected chi connectivity index (χ1v) is 13.1. The molecular formula is C24H25ClN2O3S2. The van der Waals surface area contributed by atoms with Crippen molar-refractivity contribution in [1.82, 2.24) is 5.32 Å². The Morgan fingerprint density at radius 2 is 1.75 bits per heavy atom. The molecule has 5 nitrogen and oxygen atoms in total. The molecule has 32 heavy (non-hydrogen) atoms. The molecule has 1 amide bonds. The van der Waals surface area contributed by atoms with Gasteiger partial charge in [-0.2, -0.15) is 11.8 Å². The van der Waals surface area contributed by atoms with Gasteiger partial charge in [0.2, 0.25) is 0 Å². The van der Waals surface area contributed by atoms with E-state index in [1.807, 2.05) is 38.1 Å². The molecule has 0 spiro atoms. The van der Waals surface area contributed by atoms with Crippen LogP contribution in [0.3, 0.4) is 0 Å². The van der Waals surface area contributed by atoms with Crippen molar-refractivity contribution in [3.63, 3.8) is 0 Å². The van der Waals surface area contributed by atoms with Crippen LogP contribution in [-0.2, 0) is 15.8 Å². The number of thioether (sulfide) groups is 1. The first-order chi connectivity index (χ1) is 15.3. The van der Waals surface area contributed by atoms with Crippen LogP contribution in [0.1, 0.15) is 27.0 Å². The van der Waals surface area contributed by atoms with Gasteiger partial charge in [-0.15, -0.1) is 0 Å². The van der Waals surface area contributed by atoms with Crippen molar-refractivity contribution < 1.29 is 13.2 Å². The van der Waals surface area contributed by atoms with E-state index in [0.29, 0.717) is 12.2 Å². The van der Waals surface area contributed by atoms with E-state index in [2.05, 4.69) is 22.2 Å². The highest BCUT2D eigenvalue weighted by Gasteiger charge is 2.21. The lowest BCUT2D eigenvalue weighted by atomic mass is 10.1. The number of hydrogen-bond donors (Lipinski definition) is 2. The van der Waals surface area contributed by atoms with Gasteiger partial charge in [-0.1, -0.05) is 54.1 Å². The third-order valence-corrected chi connectivity index (χ3v) is 7.85. The van der Waals surface area contributed by atoms with E-state index in [4.69, 9.17) is 11.6 Å². The fraction of sp³-hybridized carbons (Fsp3) is 0.208. The number of rotatable bonds is 9. The lowest BCUT2D eigenvalue weighted by Crippen LogP contribution is -2.26. The van der Waals surface area contributed by atoms with Gasteiger partial charge in [0.1, 0.15) is 4.90 Å². The van der Waals surface area contributed by atoms with Gasteiger partial charge in [0, 0.05) is 23.6 Å². The molecule has 0 unspecified atom stereocenters. The van der Waals surface area contributed by atoms with Gasteiger partial charge >= 0.3 is 0 Å². The predicted molar refractivity (Wildman–Crippen MR) is 133 cm³/mol. The number of nitrogens with one attached hydrogen (secondary N) is 2. The average molecular weight is 489 g/mol. The van der Waals surface area contributed by atoms with Crippen molar-refractivity contribution in [3.05, 3.63) is 94.0 Å². The van der Waals surface area contributed by atoms with Crippen LogP contribution in [0.5, 0.6) is 0 Å². The van der Waals surface area contributed by atoms with Crippen LogP contribution in [0.25, 0.3) is 0 Å². The van der Waals surface area contributed by atoms with Crippen LogP contribution in [0.15, 0.2) is 71.6 Å². The van der Waals surface area contributed by atoms with Crippen molar-refractivity contribution in [2.45, 2.75) is 24.5 Å². The fourth-order valence-electron chi connectivity index (χ4n) is 3.01. The lowest BCUT2D eigenvalue weighted by molar-refractivity contribution is 0.0956. The number of carbonyl (C=O) groups excluding carboxylic acids is 1. The topological polar surface area (TPSA) is 75.3 Å². The number of carbonyl (C=O) groups is 1. The van der Waals surface area contributed by atoms with Crippen molar-refractivity contribution in [2.75, 3.05) is 17.0 Å². The molecule has 3 aromatic carbocycles. The Bertz CT molecular complexity index is 1200. The van der Waals surface area contributed by atoms with Gasteiger partial charge in [0.05, 0.1) is 10.7 Å². The zero-order valence-electron chi connectivity index (χ0n) is 17.9. The van der Waals surface area contributed by atoms with E-state index in [-0.39, 0.29) is 21.4 Å². The van der Waals surface area contributed by atoms with Crippen LogP contribution in [-0.4, -0.2) is 26.6 Å². The molecular weight excluding hydrogens is 464 g/mol. The molecule has 0 fully saturated rings. The first kappa shape index (κ1) is 24.2. The SMILES string of the molecule is Cc1cccc(NS(=O)(=O)c2cc(C(=O)NCCSCc3ccccc3)ccc2Cl)c1C. The van der Waals surface area contributed by atoms with Crippen LogP contribution in [0.4, 0.5) is 5.69 Å². The average Bonchev–Trinajstić information content (AvgIpc) is 2.77. The lowest BCUT2D eigenvalue weighted by Gasteiger charge is -2.14. The quantitative estimate of drug-likeness (QED) is 0.394. The molecule has 0 heterocycles. The summed E-state index contributed by atoms with van der Waals surface area (Å²) in [5, 5.41) is 2.89. The number of aryl methyl sites for hydroxylation is 1. The summed E-state index contributed by atoms with van der Waals surface area (Å²) in [6.45, 7) is 4.22. The van der Waals surface area contributed by atoms with Gasteiger partial charge in [-0.3, -0.25) is 9.52 Å². The van der Waals surface area contributed by atoms with E-state index < -0.39 is 10.0 Å². The van der Waals surface area contributed by atoms with Gasteiger partial charge in [-0.05, 0) is 54.8 Å². The molecule has 0 radical (unpaired) electrons. The maximum Gasteiger partial charge on any atom is 0.263 e. The van der Waals surface area contributed by atoms with E-state index in [0.717, 1.165) is 22.6 Å². The summed E-state index contributed by atoms with van der Waals surface area (Å²) in [4.78, 5) is 12.4. The number of sulfonamides is 1. The summed E-state index contributed by atoms with van der Waals surface area (Å²) < 4.78 is 28.5. The smallest absolute Gasteiger partial charge is 0.263 e. The van der Waals surface area contributed by atoms with Crippen molar-refractivity contribution in [2.24, 2.45) is 0 Å². The Balaban J connectivity index is 1.64. The Labute approximate surface area is 198 Å². The largest absolute Gasteiger partial charge is 0.351 e. The van der Waals surface area contributed by atoms with E-state index in [1.54, 1.807) is 23.9 Å². The monoisotopic (exact) mass is 488 g/mol. The maximum atomic E-state index is 13.0. The summed E-state index contributed by atoms with van der Waals surface area (Å²) in [5.74, 6) is 1.27. The van der Waals surface area contributed by atoms with Crippen molar-refractivity contribution >= 4 is 45.0 Å². The summed E-state index contributed by atoms with van der Waals surface area (Å²) in [7, 11) is -3.97. The molecule has 3 aromatic rings. The van der Waals surface area contributed by atoms with Crippen molar-refractivity contribution in [3.8, 4) is 0 Å². The Kier molecular flexibility index (Phi) is 8.23. The summed E-state index contributed by atoms with van der Waals surface area (Å²) in [6.07, 6.45) is 0. The minimum atomic E-state index is -3.97. The summed E-state index contributed by atoms with van der Waals surface area (Å²) >= 11 is 7.89. The number of anilines is 1. The van der Waals surface area contributed by atoms with E-state index in [1.165, 1.54) is 23.8 Å². The van der Waals surface area contributed by atoms with E-state index in [9.17, 15) is 13.2 Å². The fourth-order valence-corrected chi connectivity index (χ4v) is 5.48. The number of halogens is 1. The maximum absolute atomic E-state index is 13.0. The molecule has 8 heteroatoms. The van der Waals surface area contributed by atoms with Gasteiger partial charge in [0.25, 0.3) is 15.9 Å². The number of hydrogen-bond acceptors (Lipinski definition) is 4. The highest BCUT2D eigenvalue weighted by molar-refractivity contribution is 7.98. The standard InChI is InChI=1S/C24H25ClN2O3S2/c1-17-7-6-10-22(18(17)2)27-32(29,30)23-15-20(11-12-21(23)25)24(28)26-13-14-31-16-19-8-4-3-5-9-19/h3-12,15,27H,13-14,16H2,1-2H3,(H,26,28). The second-order valence-corrected chi connectivity index (χ2v) is 10.5. The minimum Gasteiger partial charge on any atom is -0.351 e. The highest BCUT2D eigenvalue weighted by Crippen LogP contribution is 2.27. The molecule has 168 valence electrons. The Morgan fingerprint density at radius 1 is 1.00 bits per heavy atom. The van der Waals surface area contributed by atoms with Crippen LogP contribution in [0, 0.1) is 13.8 Å². The second kappa shape index (κ2) is 10.9. The summed E-state index contributed by atoms with van der Waals surface area (Å²) in [6, 6.07) is 19.7. The number of amides is 1. The Morgan fingerprint density at radius 3 is 2.50 bits per heavy atom. The van der Waals surface area contributed by atoms with Crippen LogP contribution >= 0.6 is 23.4 Å². The molecule has 0 aromatic heterocycles. The third kappa shape index (κ3) is 6.28. The zero-order chi connectivity index (χ0) is 23.1. The van der Waals surface area contributed by atoms with Crippen LogP contribution in [0.2, 0.25) is 5.02 Å². The number of benzene rings is 3. The molecule has 0 aliphatic heterocycles. The van der Waals surface area contributed by atoms with Crippen LogP contribution < -0.4 is 10.0 Å².